The number of nitrogens with zero attached hydrogens (tertiary/aromatic N) is 2. The van der Waals surface area contributed by atoms with Gasteiger partial charge in [-0.25, -0.2) is 4.79 Å². The molecule has 0 bridgehead atoms. The number of benzene rings is 3. The van der Waals surface area contributed by atoms with E-state index in [0.717, 1.165) is 54.9 Å². The van der Waals surface area contributed by atoms with Gasteiger partial charge in [0.25, 0.3) is 0 Å². The van der Waals surface area contributed by atoms with E-state index in [2.05, 4.69) is 22.5 Å². The van der Waals surface area contributed by atoms with E-state index in [1.54, 1.807) is 21.1 Å². The number of hydrogen-bond acceptors (Lipinski definition) is 6. The zero-order valence-electron chi connectivity index (χ0n) is 34.5. The van der Waals surface area contributed by atoms with Crippen molar-refractivity contribution >= 4 is 17.7 Å². The molecule has 3 aromatic carbocycles. The van der Waals surface area contributed by atoms with Crippen LogP contribution in [0.4, 0.5) is 10.5 Å². The summed E-state index contributed by atoms with van der Waals surface area (Å²) in [6.45, 7) is 23.0. The van der Waals surface area contributed by atoms with E-state index in [1.165, 1.54) is 7.05 Å². The van der Waals surface area contributed by atoms with Crippen molar-refractivity contribution in [2.24, 2.45) is 0 Å². The number of anilines is 1. The second-order valence-electron chi connectivity index (χ2n) is 9.26. The van der Waals surface area contributed by atoms with Crippen molar-refractivity contribution in [3.8, 4) is 11.1 Å². The second kappa shape index (κ2) is 41.8. The number of likely N-dealkylation sites (tertiary alicyclic amines) is 1. The quantitative estimate of drug-likeness (QED) is 0.181. The molecule has 0 aromatic heterocycles. The molecule has 1 saturated heterocycles. The van der Waals surface area contributed by atoms with Crippen molar-refractivity contribution < 1.29 is 56.5 Å². The number of nitrogens with one attached hydrogen (secondary N) is 1. The Labute approximate surface area is 338 Å². The van der Waals surface area contributed by atoms with Gasteiger partial charge in [-0.05, 0) is 37.4 Å². The minimum Gasteiger partial charge on any atom is -0.656 e. The van der Waals surface area contributed by atoms with Crippen LogP contribution in [0.25, 0.3) is 16.4 Å². The molecule has 0 atom stereocenters. The van der Waals surface area contributed by atoms with E-state index in [0.29, 0.717) is 6.42 Å². The van der Waals surface area contributed by atoms with Gasteiger partial charge in [0.05, 0.1) is 11.6 Å². The molecule has 1 heterocycles. The van der Waals surface area contributed by atoms with Crippen LogP contribution in [0.2, 0.25) is 0 Å². The summed E-state index contributed by atoms with van der Waals surface area (Å²) in [6, 6.07) is 27.7. The van der Waals surface area contributed by atoms with Crippen LogP contribution < -0.4 is 5.32 Å². The molecule has 1 aliphatic heterocycles. The van der Waals surface area contributed by atoms with Crippen molar-refractivity contribution in [1.82, 2.24) is 4.90 Å². The summed E-state index contributed by atoms with van der Waals surface area (Å²) in [4.78, 5) is 24.7. The minimum atomic E-state index is -0.367. The number of hydrogen-bond donors (Lipinski definition) is 1. The van der Waals surface area contributed by atoms with Gasteiger partial charge in [-0.2, -0.15) is 0 Å². The molecule has 9 heteroatoms. The number of rotatable bonds is 8. The van der Waals surface area contributed by atoms with E-state index < -0.39 is 0 Å². The van der Waals surface area contributed by atoms with E-state index in [-0.39, 0.29) is 64.5 Å². The fraction of sp³-hybridized carbons (Fsp3) is 0.500. The molecular formula is C42H71N3O5Y-2. The van der Waals surface area contributed by atoms with Crippen LogP contribution in [0.5, 0.6) is 0 Å². The Morgan fingerprint density at radius 3 is 1.63 bits per heavy atom. The fourth-order valence-corrected chi connectivity index (χ4v) is 4.23. The fourth-order valence-electron chi connectivity index (χ4n) is 4.23. The first-order chi connectivity index (χ1) is 23.9. The van der Waals surface area contributed by atoms with Crippen molar-refractivity contribution in [2.45, 2.75) is 101 Å². The number of amides is 2. The molecule has 0 aliphatic carbocycles. The number of para-hydroxylation sites is 1. The minimum absolute atomic E-state index is 0. The molecule has 2 amide bonds. The summed E-state index contributed by atoms with van der Waals surface area (Å²) in [6.07, 6.45) is 1.74. The van der Waals surface area contributed by atoms with Gasteiger partial charge >= 0.3 is 6.09 Å². The third kappa shape index (κ3) is 26.8. The topological polar surface area (TPSA) is 91.2 Å². The molecule has 289 valence electrons. The first kappa shape index (κ1) is 57.7. The summed E-state index contributed by atoms with van der Waals surface area (Å²) in [5, 5.41) is 6.27. The van der Waals surface area contributed by atoms with Crippen molar-refractivity contribution in [2.75, 3.05) is 46.2 Å². The number of carbonyl (C=O) groups is 2. The van der Waals surface area contributed by atoms with E-state index in [1.807, 2.05) is 140 Å². The average Bonchev–Trinajstić information content (AvgIpc) is 3.20. The Morgan fingerprint density at radius 2 is 1.22 bits per heavy atom. The molecule has 0 spiro atoms. The van der Waals surface area contributed by atoms with Gasteiger partial charge in [0.2, 0.25) is 0 Å². The van der Waals surface area contributed by atoms with Crippen LogP contribution in [0.15, 0.2) is 84.9 Å². The van der Waals surface area contributed by atoms with E-state index in [9.17, 15) is 9.59 Å². The van der Waals surface area contributed by atoms with Crippen LogP contribution >= 0.6 is 0 Å². The Morgan fingerprint density at radius 1 is 0.765 bits per heavy atom. The van der Waals surface area contributed by atoms with Gasteiger partial charge in [0, 0.05) is 71.1 Å². The zero-order chi connectivity index (χ0) is 37.9. The van der Waals surface area contributed by atoms with E-state index in [4.69, 9.17) is 14.2 Å². The normalized spacial score (nSPS) is 11.1. The monoisotopic (exact) mass is 786 g/mol. The van der Waals surface area contributed by atoms with Crippen LogP contribution in [-0.4, -0.2) is 63.9 Å². The predicted molar refractivity (Wildman–Crippen MR) is 217 cm³/mol. The molecule has 1 radical (unpaired) electrons. The largest absolute Gasteiger partial charge is 0.656 e. The van der Waals surface area contributed by atoms with Crippen LogP contribution in [0, 0.1) is 7.43 Å². The molecule has 3 aromatic rings. The van der Waals surface area contributed by atoms with Crippen molar-refractivity contribution in [1.29, 1.82) is 0 Å². The van der Waals surface area contributed by atoms with Gasteiger partial charge in [0.15, 0.2) is 6.29 Å². The first-order valence-electron chi connectivity index (χ1n) is 18.0. The van der Waals surface area contributed by atoms with Gasteiger partial charge in [0.1, 0.15) is 6.10 Å². The molecule has 4 rings (SSSR count). The predicted octanol–water partition coefficient (Wildman–Crippen LogP) is 11.8. The third-order valence-corrected chi connectivity index (χ3v) is 6.56. The van der Waals surface area contributed by atoms with Gasteiger partial charge in [-0.15, -0.1) is 7.05 Å². The second-order valence-corrected chi connectivity index (χ2v) is 9.26. The Bertz CT molecular complexity index is 1140. The molecule has 0 saturated carbocycles. The average molecular weight is 787 g/mol. The zero-order valence-corrected chi connectivity index (χ0v) is 37.3. The van der Waals surface area contributed by atoms with E-state index >= 15 is 0 Å². The number of ether oxygens (including phenoxy) is 3. The number of piperidine rings is 1. The Hall–Kier alpha value is -2.62. The number of carbonyl (C=O) groups excluding carboxylic acids is 2. The maximum Gasteiger partial charge on any atom is 0.411 e. The maximum absolute atomic E-state index is 12.3. The molecular weight excluding hydrogens is 715 g/mol. The Kier molecular flexibility index (Phi) is 47.3. The van der Waals surface area contributed by atoms with Crippen LogP contribution in [0.1, 0.15) is 100 Å². The number of methoxy groups -OCH3 is 2. The standard InChI is InChI=1S/C20H24N2O2.C9H12O2.C4H9NO.4C2H6.CH3.Y/c1-2-22-14-12-17(13-15-22)24-20(23)21-19-11-7-6-10-18(19)16-8-4-3-5-9-16;1-10-9(11-2)8-6-4-3-5-7-8;1-3-4(6)5-2;4*1-2;;/h3-11,17H,2,12-15H2,1H3,(H,21,23);3-7,9H,1-2H3;3H2,1-2H3,(H,5,6);4*1-2H3;1H3;/q;;;;;;;-1;/p-1. The summed E-state index contributed by atoms with van der Waals surface area (Å²) in [5.74, 6) is -0.0324. The van der Waals surface area contributed by atoms with Gasteiger partial charge in [-0.3, -0.25) is 5.32 Å². The Balaban J connectivity index is -0.000000219. The van der Waals surface area contributed by atoms with Gasteiger partial charge < -0.3 is 36.6 Å². The summed E-state index contributed by atoms with van der Waals surface area (Å²) in [5.41, 5.74) is 3.89. The molecule has 51 heavy (non-hydrogen) atoms. The van der Waals surface area contributed by atoms with Crippen molar-refractivity contribution in [3.05, 3.63) is 103 Å². The molecule has 8 nitrogen and oxygen atoms in total. The van der Waals surface area contributed by atoms with Crippen LogP contribution in [0.3, 0.4) is 0 Å². The SMILES string of the molecule is CC.CC.CC.CC.CCC(=O)[N-]C.CCN1CCC(OC(=O)Nc2ccccc2-c2ccccc2)CC1.COC(OC)c1ccccc1.[CH3-].[Y]. The van der Waals surface area contributed by atoms with Crippen molar-refractivity contribution in [3.63, 3.8) is 0 Å². The molecule has 0 unspecified atom stereocenters. The van der Waals surface area contributed by atoms with Gasteiger partial charge in [-0.1, -0.05) is 148 Å². The van der Waals surface area contributed by atoms with Crippen LogP contribution in [-0.2, 0) is 51.7 Å². The third-order valence-electron chi connectivity index (χ3n) is 6.56. The molecule has 1 fully saturated rings. The summed E-state index contributed by atoms with van der Waals surface area (Å²) >= 11 is 0. The maximum atomic E-state index is 12.3. The molecule has 1 aliphatic rings. The smallest absolute Gasteiger partial charge is 0.411 e. The summed E-state index contributed by atoms with van der Waals surface area (Å²) in [7, 11) is 4.76. The summed E-state index contributed by atoms with van der Waals surface area (Å²) < 4.78 is 15.7. The first-order valence-corrected chi connectivity index (χ1v) is 18.0. The molecule has 1 N–H and O–H groups in total.